The monoisotopic (exact) mass is 280 g/mol. The van der Waals surface area contributed by atoms with E-state index < -0.39 is 24.4 Å². The van der Waals surface area contributed by atoms with Crippen molar-refractivity contribution in [2.75, 3.05) is 7.11 Å². The number of aliphatic hydroxyl groups excluding tert-OH is 3. The standard InChI is InChI=1S/C15H20O5/c1-9-14(17)15(18)13(20-9)7-6-10-4-3-5-12(19-2)11(10)8-16/h3-7,9,13-18H,8H2,1-2H3/b7-6-/t9-,13+,14-,15+/m0/s1. The summed E-state index contributed by atoms with van der Waals surface area (Å²) in [6.07, 6.45) is 0.662. The molecule has 0 radical (unpaired) electrons. The van der Waals surface area contributed by atoms with Gasteiger partial charge in [-0.3, -0.25) is 0 Å². The number of hydrogen-bond donors (Lipinski definition) is 3. The fraction of sp³-hybridized carbons (Fsp3) is 0.467. The first-order chi connectivity index (χ1) is 9.58. The van der Waals surface area contributed by atoms with Gasteiger partial charge in [0.25, 0.3) is 0 Å². The Bertz CT molecular complexity index is 485. The van der Waals surface area contributed by atoms with Crippen LogP contribution in [0.15, 0.2) is 24.3 Å². The summed E-state index contributed by atoms with van der Waals surface area (Å²) < 4.78 is 10.6. The third kappa shape index (κ3) is 2.86. The highest BCUT2D eigenvalue weighted by atomic mass is 16.5. The van der Waals surface area contributed by atoms with Crippen molar-refractivity contribution in [1.29, 1.82) is 0 Å². The zero-order valence-electron chi connectivity index (χ0n) is 11.6. The molecule has 1 heterocycles. The van der Waals surface area contributed by atoms with Crippen LogP contribution >= 0.6 is 0 Å². The van der Waals surface area contributed by atoms with Gasteiger partial charge in [0, 0.05) is 5.56 Å². The molecule has 20 heavy (non-hydrogen) atoms. The molecule has 1 aliphatic heterocycles. The number of benzene rings is 1. The van der Waals surface area contributed by atoms with Gasteiger partial charge in [-0.1, -0.05) is 24.3 Å². The molecule has 0 aliphatic carbocycles. The molecule has 0 bridgehead atoms. The van der Waals surface area contributed by atoms with Crippen LogP contribution in [0.2, 0.25) is 0 Å². The van der Waals surface area contributed by atoms with Gasteiger partial charge < -0.3 is 24.8 Å². The molecular formula is C15H20O5. The average molecular weight is 280 g/mol. The summed E-state index contributed by atoms with van der Waals surface area (Å²) in [5.74, 6) is 0.607. The third-order valence-electron chi connectivity index (χ3n) is 3.55. The third-order valence-corrected chi connectivity index (χ3v) is 3.55. The quantitative estimate of drug-likeness (QED) is 0.757. The predicted molar refractivity (Wildman–Crippen MR) is 74.3 cm³/mol. The van der Waals surface area contributed by atoms with Crippen LogP contribution < -0.4 is 4.74 Å². The van der Waals surface area contributed by atoms with E-state index in [2.05, 4.69) is 0 Å². The summed E-state index contributed by atoms with van der Waals surface area (Å²) in [7, 11) is 1.55. The van der Waals surface area contributed by atoms with E-state index in [1.165, 1.54) is 0 Å². The Hall–Kier alpha value is -1.40. The predicted octanol–water partition coefficient (Wildman–Crippen LogP) is 0.710. The Morgan fingerprint density at radius 1 is 1.30 bits per heavy atom. The van der Waals surface area contributed by atoms with E-state index in [1.54, 1.807) is 32.3 Å². The van der Waals surface area contributed by atoms with Crippen LogP contribution in [-0.2, 0) is 11.3 Å². The van der Waals surface area contributed by atoms with Crippen molar-refractivity contribution in [2.24, 2.45) is 0 Å². The maximum Gasteiger partial charge on any atom is 0.124 e. The van der Waals surface area contributed by atoms with Crippen molar-refractivity contribution < 1.29 is 24.8 Å². The molecule has 3 N–H and O–H groups in total. The molecule has 1 saturated heterocycles. The molecule has 2 rings (SSSR count). The van der Waals surface area contributed by atoms with Crippen LogP contribution in [-0.4, -0.2) is 46.8 Å². The molecule has 0 saturated carbocycles. The minimum atomic E-state index is -0.940. The van der Waals surface area contributed by atoms with Crippen LogP contribution in [0.5, 0.6) is 5.75 Å². The minimum Gasteiger partial charge on any atom is -0.496 e. The second kappa shape index (κ2) is 6.37. The van der Waals surface area contributed by atoms with Crippen molar-refractivity contribution in [3.8, 4) is 5.75 Å². The zero-order chi connectivity index (χ0) is 14.7. The second-order valence-corrected chi connectivity index (χ2v) is 4.83. The van der Waals surface area contributed by atoms with E-state index in [4.69, 9.17) is 9.47 Å². The van der Waals surface area contributed by atoms with Gasteiger partial charge in [-0.25, -0.2) is 0 Å². The van der Waals surface area contributed by atoms with E-state index in [0.29, 0.717) is 11.3 Å². The highest BCUT2D eigenvalue weighted by molar-refractivity contribution is 5.58. The van der Waals surface area contributed by atoms with Gasteiger partial charge in [0.05, 0.1) is 19.8 Å². The Morgan fingerprint density at radius 3 is 2.60 bits per heavy atom. The van der Waals surface area contributed by atoms with Crippen LogP contribution in [0.1, 0.15) is 18.1 Å². The number of rotatable bonds is 4. The Kier molecular flexibility index (Phi) is 4.77. The van der Waals surface area contributed by atoms with Gasteiger partial charge in [0.1, 0.15) is 24.1 Å². The number of aliphatic hydroxyl groups is 3. The van der Waals surface area contributed by atoms with Crippen LogP contribution in [0, 0.1) is 0 Å². The van der Waals surface area contributed by atoms with Crippen molar-refractivity contribution in [3.63, 3.8) is 0 Å². The summed E-state index contributed by atoms with van der Waals surface area (Å²) in [6.45, 7) is 1.57. The topological polar surface area (TPSA) is 79.2 Å². The van der Waals surface area contributed by atoms with Crippen molar-refractivity contribution in [3.05, 3.63) is 35.4 Å². The number of ether oxygens (including phenoxy) is 2. The molecule has 1 aliphatic rings. The van der Waals surface area contributed by atoms with E-state index in [1.807, 2.05) is 12.1 Å². The normalized spacial score (nSPS) is 30.1. The Morgan fingerprint density at radius 2 is 2.05 bits per heavy atom. The Balaban J connectivity index is 2.20. The van der Waals surface area contributed by atoms with Gasteiger partial charge >= 0.3 is 0 Å². The lowest BCUT2D eigenvalue weighted by atomic mass is 10.0. The van der Waals surface area contributed by atoms with Gasteiger partial charge in [0.2, 0.25) is 0 Å². The zero-order valence-corrected chi connectivity index (χ0v) is 11.6. The van der Waals surface area contributed by atoms with Crippen LogP contribution in [0.3, 0.4) is 0 Å². The molecule has 5 nitrogen and oxygen atoms in total. The summed E-state index contributed by atoms with van der Waals surface area (Å²) in [5, 5.41) is 28.9. The van der Waals surface area contributed by atoms with Crippen LogP contribution in [0.4, 0.5) is 0 Å². The van der Waals surface area contributed by atoms with Crippen LogP contribution in [0.25, 0.3) is 6.08 Å². The van der Waals surface area contributed by atoms with Gasteiger partial charge in [-0.2, -0.15) is 0 Å². The fourth-order valence-electron chi connectivity index (χ4n) is 2.34. The summed E-state index contributed by atoms with van der Waals surface area (Å²) >= 11 is 0. The molecule has 0 aromatic heterocycles. The smallest absolute Gasteiger partial charge is 0.124 e. The number of methoxy groups -OCH3 is 1. The second-order valence-electron chi connectivity index (χ2n) is 4.83. The molecule has 1 fully saturated rings. The van der Waals surface area contributed by atoms with Gasteiger partial charge in [0.15, 0.2) is 0 Å². The van der Waals surface area contributed by atoms with Crippen molar-refractivity contribution in [1.82, 2.24) is 0 Å². The Labute approximate surface area is 118 Å². The summed E-state index contributed by atoms with van der Waals surface area (Å²) in [4.78, 5) is 0. The maximum atomic E-state index is 9.83. The lowest BCUT2D eigenvalue weighted by Crippen LogP contribution is -2.30. The molecular weight excluding hydrogens is 260 g/mol. The lowest BCUT2D eigenvalue weighted by Gasteiger charge is -2.12. The average Bonchev–Trinajstić information content (AvgIpc) is 2.71. The molecule has 1 aromatic rings. The number of hydrogen-bond acceptors (Lipinski definition) is 5. The SMILES string of the molecule is COc1cccc(/C=C\[C@H]2O[C@@H](C)[C@H](O)[C@@H]2O)c1CO. The lowest BCUT2D eigenvalue weighted by molar-refractivity contribution is 0.0316. The molecule has 4 atom stereocenters. The molecule has 1 aromatic carbocycles. The first kappa shape index (κ1) is 15.0. The highest BCUT2D eigenvalue weighted by Gasteiger charge is 2.38. The molecule has 5 heteroatoms. The van der Waals surface area contributed by atoms with E-state index in [-0.39, 0.29) is 6.61 Å². The van der Waals surface area contributed by atoms with Gasteiger partial charge in [-0.05, 0) is 18.6 Å². The first-order valence-electron chi connectivity index (χ1n) is 6.55. The molecule has 0 spiro atoms. The molecule has 110 valence electrons. The minimum absolute atomic E-state index is 0.142. The molecule has 0 amide bonds. The summed E-state index contributed by atoms with van der Waals surface area (Å²) in [5.41, 5.74) is 1.46. The van der Waals surface area contributed by atoms with Crippen molar-refractivity contribution in [2.45, 2.75) is 37.9 Å². The van der Waals surface area contributed by atoms with Gasteiger partial charge in [-0.15, -0.1) is 0 Å². The van der Waals surface area contributed by atoms with Crippen molar-refractivity contribution >= 4 is 6.08 Å². The fourth-order valence-corrected chi connectivity index (χ4v) is 2.34. The largest absolute Gasteiger partial charge is 0.496 e. The van der Waals surface area contributed by atoms with E-state index in [9.17, 15) is 15.3 Å². The van der Waals surface area contributed by atoms with E-state index >= 15 is 0 Å². The van der Waals surface area contributed by atoms with E-state index in [0.717, 1.165) is 5.56 Å². The summed E-state index contributed by atoms with van der Waals surface area (Å²) in [6, 6.07) is 5.43. The maximum absolute atomic E-state index is 9.83. The molecule has 0 unspecified atom stereocenters. The highest BCUT2D eigenvalue weighted by Crippen LogP contribution is 2.26. The first-order valence-corrected chi connectivity index (χ1v) is 6.55.